The lowest BCUT2D eigenvalue weighted by atomic mass is 10.1. The van der Waals surface area contributed by atoms with Gasteiger partial charge in [-0.2, -0.15) is 0 Å². The number of nitrogens with one attached hydrogen (secondary N) is 1. The summed E-state index contributed by atoms with van der Waals surface area (Å²) >= 11 is 0. The molecular weight excluding hydrogens is 224 g/mol. The van der Waals surface area contributed by atoms with Crippen molar-refractivity contribution in [3.05, 3.63) is 0 Å². The largest absolute Gasteiger partial charge is 0.383 e. The zero-order valence-electron chi connectivity index (χ0n) is 12.7. The van der Waals surface area contributed by atoms with Gasteiger partial charge in [0.05, 0.1) is 6.61 Å². The van der Waals surface area contributed by atoms with Crippen LogP contribution in [0.25, 0.3) is 0 Å². The maximum Gasteiger partial charge on any atom is 0.0587 e. The lowest BCUT2D eigenvalue weighted by Crippen LogP contribution is -2.47. The third-order valence-electron chi connectivity index (χ3n) is 3.86. The molecule has 1 aliphatic carbocycles. The Bertz CT molecular complexity index is 203. The van der Waals surface area contributed by atoms with Crippen molar-refractivity contribution in [2.45, 2.75) is 58.5 Å². The molecule has 3 heteroatoms. The molecule has 3 nitrogen and oxygen atoms in total. The second kappa shape index (κ2) is 8.89. The molecule has 18 heavy (non-hydrogen) atoms. The van der Waals surface area contributed by atoms with Crippen molar-refractivity contribution in [3.8, 4) is 0 Å². The van der Waals surface area contributed by atoms with Crippen molar-refractivity contribution in [2.24, 2.45) is 5.92 Å². The molecule has 0 bridgehead atoms. The zero-order valence-corrected chi connectivity index (χ0v) is 12.7. The van der Waals surface area contributed by atoms with E-state index in [4.69, 9.17) is 4.74 Å². The van der Waals surface area contributed by atoms with Gasteiger partial charge in [0.15, 0.2) is 0 Å². The van der Waals surface area contributed by atoms with Crippen molar-refractivity contribution < 1.29 is 4.74 Å². The topological polar surface area (TPSA) is 24.5 Å². The molecule has 0 spiro atoms. The number of hydrogen-bond acceptors (Lipinski definition) is 3. The van der Waals surface area contributed by atoms with Gasteiger partial charge in [-0.1, -0.05) is 26.7 Å². The van der Waals surface area contributed by atoms with Gasteiger partial charge in [0.25, 0.3) is 0 Å². The van der Waals surface area contributed by atoms with E-state index in [2.05, 4.69) is 31.0 Å². The monoisotopic (exact) mass is 256 g/mol. The van der Waals surface area contributed by atoms with Crippen molar-refractivity contribution in [2.75, 3.05) is 33.4 Å². The molecular formula is C15H32N2O. The van der Waals surface area contributed by atoms with Crippen LogP contribution in [0.3, 0.4) is 0 Å². The van der Waals surface area contributed by atoms with E-state index >= 15 is 0 Å². The average molecular weight is 256 g/mol. The van der Waals surface area contributed by atoms with Crippen LogP contribution in [-0.2, 0) is 4.74 Å². The van der Waals surface area contributed by atoms with E-state index < -0.39 is 0 Å². The summed E-state index contributed by atoms with van der Waals surface area (Å²) in [4.78, 5) is 2.73. The molecule has 1 N–H and O–H groups in total. The molecule has 0 aromatic heterocycles. The molecule has 0 aromatic rings. The van der Waals surface area contributed by atoms with E-state index in [-0.39, 0.29) is 0 Å². The first-order valence-electron chi connectivity index (χ1n) is 7.60. The zero-order chi connectivity index (χ0) is 13.4. The Kier molecular flexibility index (Phi) is 7.87. The van der Waals surface area contributed by atoms with Crippen LogP contribution in [0, 0.1) is 5.92 Å². The van der Waals surface area contributed by atoms with Gasteiger partial charge in [-0.3, -0.25) is 4.90 Å². The van der Waals surface area contributed by atoms with E-state index in [1.165, 1.54) is 32.2 Å². The summed E-state index contributed by atoms with van der Waals surface area (Å²) in [6.07, 6.45) is 5.64. The Morgan fingerprint density at radius 2 is 1.89 bits per heavy atom. The summed E-state index contributed by atoms with van der Waals surface area (Å²) in [6.45, 7) is 11.1. The molecule has 108 valence electrons. The first-order valence-corrected chi connectivity index (χ1v) is 7.60. The summed E-state index contributed by atoms with van der Waals surface area (Å²) in [5.74, 6) is 0.757. The van der Waals surface area contributed by atoms with Gasteiger partial charge in [-0.25, -0.2) is 0 Å². The van der Waals surface area contributed by atoms with E-state index in [9.17, 15) is 0 Å². The highest BCUT2D eigenvalue weighted by Gasteiger charge is 2.26. The Morgan fingerprint density at radius 3 is 2.44 bits per heavy atom. The fourth-order valence-electron chi connectivity index (χ4n) is 2.95. The van der Waals surface area contributed by atoms with Crippen LogP contribution < -0.4 is 5.32 Å². The Morgan fingerprint density at radius 1 is 1.22 bits per heavy atom. The minimum atomic E-state index is 0.632. The Labute approximate surface area is 113 Å². The molecule has 1 saturated carbocycles. The highest BCUT2D eigenvalue weighted by Crippen LogP contribution is 2.25. The predicted octanol–water partition coefficient (Wildman–Crippen LogP) is 2.51. The van der Waals surface area contributed by atoms with Crippen LogP contribution in [0.4, 0.5) is 0 Å². The summed E-state index contributed by atoms with van der Waals surface area (Å²) in [7, 11) is 1.76. The number of hydrogen-bond donors (Lipinski definition) is 1. The Hall–Kier alpha value is -0.120. The fraction of sp³-hybridized carbons (Fsp3) is 1.00. The molecule has 0 heterocycles. The van der Waals surface area contributed by atoms with Gasteiger partial charge in [-0.05, 0) is 25.7 Å². The van der Waals surface area contributed by atoms with E-state index in [0.717, 1.165) is 31.7 Å². The average Bonchev–Trinajstić information content (AvgIpc) is 2.84. The van der Waals surface area contributed by atoms with Crippen molar-refractivity contribution >= 4 is 0 Å². The molecule has 0 amide bonds. The number of nitrogens with zero attached hydrogens (tertiary/aromatic N) is 1. The summed E-state index contributed by atoms with van der Waals surface area (Å²) in [5.41, 5.74) is 0. The van der Waals surface area contributed by atoms with Gasteiger partial charge >= 0.3 is 0 Å². The SMILES string of the molecule is COCCNCC(C)N(CC(C)C)C1CCCC1. The number of ether oxygens (including phenoxy) is 1. The predicted molar refractivity (Wildman–Crippen MR) is 78.0 cm³/mol. The van der Waals surface area contributed by atoms with Crippen molar-refractivity contribution in [1.29, 1.82) is 0 Å². The first-order chi connectivity index (χ1) is 8.65. The van der Waals surface area contributed by atoms with Crippen LogP contribution in [0.5, 0.6) is 0 Å². The first kappa shape index (κ1) is 15.9. The Balaban J connectivity index is 2.37. The quantitative estimate of drug-likeness (QED) is 0.642. The summed E-state index contributed by atoms with van der Waals surface area (Å²) in [6, 6.07) is 1.46. The molecule has 1 atom stereocenters. The standard InChI is InChI=1S/C15H32N2O/c1-13(2)12-17(15-7-5-6-8-15)14(3)11-16-9-10-18-4/h13-16H,5-12H2,1-4H3. The highest BCUT2D eigenvalue weighted by molar-refractivity contribution is 4.82. The van der Waals surface area contributed by atoms with E-state index in [1.807, 2.05) is 0 Å². The van der Waals surface area contributed by atoms with Gasteiger partial charge in [0.2, 0.25) is 0 Å². The third kappa shape index (κ3) is 5.68. The van der Waals surface area contributed by atoms with Crippen LogP contribution in [0.1, 0.15) is 46.5 Å². The van der Waals surface area contributed by atoms with Crippen LogP contribution in [0.2, 0.25) is 0 Å². The lowest BCUT2D eigenvalue weighted by Gasteiger charge is -2.36. The normalized spacial score (nSPS) is 19.0. The smallest absolute Gasteiger partial charge is 0.0587 e. The van der Waals surface area contributed by atoms with Gasteiger partial charge in [0.1, 0.15) is 0 Å². The maximum absolute atomic E-state index is 5.07. The molecule has 0 saturated heterocycles. The lowest BCUT2D eigenvalue weighted by molar-refractivity contribution is 0.123. The molecule has 0 radical (unpaired) electrons. The molecule has 0 aliphatic heterocycles. The second-order valence-corrected chi connectivity index (χ2v) is 6.07. The maximum atomic E-state index is 5.07. The van der Waals surface area contributed by atoms with Gasteiger partial charge in [-0.15, -0.1) is 0 Å². The molecule has 1 fully saturated rings. The molecule has 1 rings (SSSR count). The number of rotatable bonds is 9. The minimum absolute atomic E-state index is 0.632. The third-order valence-corrected chi connectivity index (χ3v) is 3.86. The molecule has 0 aromatic carbocycles. The van der Waals surface area contributed by atoms with E-state index in [0.29, 0.717) is 6.04 Å². The summed E-state index contributed by atoms with van der Waals surface area (Å²) < 4.78 is 5.07. The van der Waals surface area contributed by atoms with Crippen LogP contribution in [-0.4, -0.2) is 50.3 Å². The second-order valence-electron chi connectivity index (χ2n) is 6.07. The van der Waals surface area contributed by atoms with Crippen LogP contribution in [0.15, 0.2) is 0 Å². The molecule has 1 unspecified atom stereocenters. The molecule has 1 aliphatic rings. The number of methoxy groups -OCH3 is 1. The van der Waals surface area contributed by atoms with Crippen LogP contribution >= 0.6 is 0 Å². The van der Waals surface area contributed by atoms with Gasteiger partial charge < -0.3 is 10.1 Å². The van der Waals surface area contributed by atoms with Crippen molar-refractivity contribution in [3.63, 3.8) is 0 Å². The highest BCUT2D eigenvalue weighted by atomic mass is 16.5. The van der Waals surface area contributed by atoms with Crippen molar-refractivity contribution in [1.82, 2.24) is 10.2 Å². The fourth-order valence-corrected chi connectivity index (χ4v) is 2.95. The van der Waals surface area contributed by atoms with E-state index in [1.54, 1.807) is 7.11 Å². The minimum Gasteiger partial charge on any atom is -0.383 e. The summed E-state index contributed by atoms with van der Waals surface area (Å²) in [5, 5.41) is 3.50. The van der Waals surface area contributed by atoms with Gasteiger partial charge in [0, 0.05) is 38.8 Å².